The summed E-state index contributed by atoms with van der Waals surface area (Å²) >= 11 is 0. The molecule has 5 heteroatoms. The molecule has 20 heavy (non-hydrogen) atoms. The summed E-state index contributed by atoms with van der Waals surface area (Å²) in [5.74, 6) is 0.602. The van der Waals surface area contributed by atoms with Crippen LogP contribution in [0.1, 0.15) is 24.0 Å². The van der Waals surface area contributed by atoms with Crippen LogP contribution in [-0.4, -0.2) is 31.8 Å². The molecule has 0 aromatic heterocycles. The Bertz CT molecular complexity index is 482. The van der Waals surface area contributed by atoms with Crippen molar-refractivity contribution in [1.82, 2.24) is 5.32 Å². The molecule has 0 bridgehead atoms. The second kappa shape index (κ2) is 6.61. The Morgan fingerprint density at radius 1 is 1.40 bits per heavy atom. The van der Waals surface area contributed by atoms with Crippen molar-refractivity contribution >= 4 is 11.6 Å². The van der Waals surface area contributed by atoms with E-state index in [0.717, 1.165) is 24.0 Å². The predicted molar refractivity (Wildman–Crippen MR) is 77.8 cm³/mol. The van der Waals surface area contributed by atoms with E-state index in [0.29, 0.717) is 24.7 Å². The highest BCUT2D eigenvalue weighted by molar-refractivity contribution is 5.78. The van der Waals surface area contributed by atoms with E-state index in [1.54, 1.807) is 0 Å². The minimum Gasteiger partial charge on any atom is -0.483 e. The number of nitrogens with two attached hydrogens (primary N) is 1. The summed E-state index contributed by atoms with van der Waals surface area (Å²) < 4.78 is 10.9. The average Bonchev–Trinajstić information content (AvgIpc) is 2.44. The second-order valence-electron chi connectivity index (χ2n) is 5.17. The van der Waals surface area contributed by atoms with Crippen LogP contribution in [0.4, 0.5) is 5.69 Å². The molecule has 1 aromatic rings. The van der Waals surface area contributed by atoms with Crippen molar-refractivity contribution in [3.8, 4) is 5.75 Å². The second-order valence-corrected chi connectivity index (χ2v) is 5.17. The van der Waals surface area contributed by atoms with E-state index in [1.807, 2.05) is 26.0 Å². The molecule has 0 radical (unpaired) electrons. The van der Waals surface area contributed by atoms with Gasteiger partial charge in [0.05, 0.1) is 0 Å². The van der Waals surface area contributed by atoms with Gasteiger partial charge in [-0.15, -0.1) is 0 Å². The number of hydrogen-bond donors (Lipinski definition) is 2. The zero-order valence-corrected chi connectivity index (χ0v) is 12.1. The number of nitrogen functional groups attached to an aromatic ring is 1. The number of aryl methyl sites for hydroxylation is 1. The molecule has 1 saturated heterocycles. The third-order valence-corrected chi connectivity index (χ3v) is 3.58. The standard InChI is InChI=1S/C15H22N2O3/c1-10-3-4-13(16)11(2)15(10)20-9-14(18)17-12-5-7-19-8-6-12/h3-4,12H,5-9,16H2,1-2H3,(H,17,18). The van der Waals surface area contributed by atoms with Gasteiger partial charge in [-0.05, 0) is 38.3 Å². The molecule has 0 unspecified atom stereocenters. The normalized spacial score (nSPS) is 15.9. The maximum atomic E-state index is 11.9. The van der Waals surface area contributed by atoms with Gasteiger partial charge in [-0.2, -0.15) is 0 Å². The van der Waals surface area contributed by atoms with E-state index in [9.17, 15) is 4.79 Å². The molecule has 5 nitrogen and oxygen atoms in total. The molecule has 1 fully saturated rings. The SMILES string of the molecule is Cc1ccc(N)c(C)c1OCC(=O)NC1CCOCC1. The van der Waals surface area contributed by atoms with Crippen molar-refractivity contribution in [2.24, 2.45) is 0 Å². The summed E-state index contributed by atoms with van der Waals surface area (Å²) in [5, 5.41) is 2.97. The molecule has 1 aliphatic heterocycles. The average molecular weight is 278 g/mol. The lowest BCUT2D eigenvalue weighted by Gasteiger charge is -2.23. The number of benzene rings is 1. The summed E-state index contributed by atoms with van der Waals surface area (Å²) in [7, 11) is 0. The van der Waals surface area contributed by atoms with Gasteiger partial charge in [0.1, 0.15) is 5.75 Å². The van der Waals surface area contributed by atoms with Gasteiger partial charge in [-0.1, -0.05) is 6.07 Å². The smallest absolute Gasteiger partial charge is 0.258 e. The molecule has 110 valence electrons. The van der Waals surface area contributed by atoms with Crippen molar-refractivity contribution in [3.63, 3.8) is 0 Å². The first-order valence-electron chi connectivity index (χ1n) is 6.93. The Morgan fingerprint density at radius 3 is 2.80 bits per heavy atom. The molecule has 1 aliphatic rings. The quantitative estimate of drug-likeness (QED) is 0.820. The number of nitrogens with one attached hydrogen (secondary N) is 1. The van der Waals surface area contributed by atoms with E-state index in [-0.39, 0.29) is 18.6 Å². The number of anilines is 1. The highest BCUT2D eigenvalue weighted by Crippen LogP contribution is 2.27. The molecule has 1 amide bonds. The van der Waals surface area contributed by atoms with Crippen LogP contribution >= 0.6 is 0 Å². The molecule has 2 rings (SSSR count). The van der Waals surface area contributed by atoms with Crippen LogP contribution in [0.2, 0.25) is 0 Å². The zero-order valence-electron chi connectivity index (χ0n) is 12.1. The van der Waals surface area contributed by atoms with Crippen LogP contribution in [0.3, 0.4) is 0 Å². The number of carbonyl (C=O) groups excluding carboxylic acids is 1. The van der Waals surface area contributed by atoms with Crippen molar-refractivity contribution in [2.75, 3.05) is 25.6 Å². The molecule has 1 aromatic carbocycles. The first kappa shape index (κ1) is 14.7. The highest BCUT2D eigenvalue weighted by Gasteiger charge is 2.17. The van der Waals surface area contributed by atoms with Gasteiger partial charge in [-0.25, -0.2) is 0 Å². The van der Waals surface area contributed by atoms with Gasteiger partial charge in [-0.3, -0.25) is 4.79 Å². The van der Waals surface area contributed by atoms with Crippen LogP contribution in [0.15, 0.2) is 12.1 Å². The summed E-state index contributed by atoms with van der Waals surface area (Å²) in [6.45, 7) is 5.27. The molecule has 0 spiro atoms. The Labute approximate surface area is 119 Å². The third kappa shape index (κ3) is 3.63. The fourth-order valence-electron chi connectivity index (χ4n) is 2.31. The minimum absolute atomic E-state index is 0.0164. The molecule has 0 atom stereocenters. The summed E-state index contributed by atoms with van der Waals surface area (Å²) in [4.78, 5) is 11.9. The zero-order chi connectivity index (χ0) is 14.5. The lowest BCUT2D eigenvalue weighted by molar-refractivity contribution is -0.124. The van der Waals surface area contributed by atoms with Crippen LogP contribution in [0.25, 0.3) is 0 Å². The molecule has 3 N–H and O–H groups in total. The lowest BCUT2D eigenvalue weighted by atomic mass is 10.1. The topological polar surface area (TPSA) is 73.6 Å². The number of ether oxygens (including phenoxy) is 2. The van der Waals surface area contributed by atoms with E-state index in [4.69, 9.17) is 15.2 Å². The maximum absolute atomic E-state index is 11.9. The predicted octanol–water partition coefficient (Wildman–Crippen LogP) is 1.56. The molecule has 0 saturated carbocycles. The van der Waals surface area contributed by atoms with Crippen molar-refractivity contribution in [2.45, 2.75) is 32.7 Å². The Balaban J connectivity index is 1.88. The number of rotatable bonds is 4. The molecule has 0 aliphatic carbocycles. The third-order valence-electron chi connectivity index (χ3n) is 3.58. The van der Waals surface area contributed by atoms with Crippen LogP contribution in [0.5, 0.6) is 5.75 Å². The summed E-state index contributed by atoms with van der Waals surface area (Å²) in [5.41, 5.74) is 8.39. The fraction of sp³-hybridized carbons (Fsp3) is 0.533. The summed E-state index contributed by atoms with van der Waals surface area (Å²) in [6.07, 6.45) is 1.73. The van der Waals surface area contributed by atoms with Gasteiger partial charge >= 0.3 is 0 Å². The van der Waals surface area contributed by atoms with Crippen LogP contribution < -0.4 is 15.8 Å². The summed E-state index contributed by atoms with van der Waals surface area (Å²) in [6, 6.07) is 3.94. The van der Waals surface area contributed by atoms with Crippen LogP contribution in [-0.2, 0) is 9.53 Å². The Hall–Kier alpha value is -1.75. The number of hydrogen-bond acceptors (Lipinski definition) is 4. The first-order chi connectivity index (χ1) is 9.58. The lowest BCUT2D eigenvalue weighted by Crippen LogP contribution is -2.41. The van der Waals surface area contributed by atoms with Gasteiger partial charge in [0, 0.05) is 30.5 Å². The molecule has 1 heterocycles. The number of carbonyl (C=O) groups is 1. The van der Waals surface area contributed by atoms with E-state index < -0.39 is 0 Å². The van der Waals surface area contributed by atoms with E-state index in [1.165, 1.54) is 0 Å². The molecular formula is C15H22N2O3. The Kier molecular flexibility index (Phi) is 4.84. The van der Waals surface area contributed by atoms with Gasteiger partial charge in [0.15, 0.2) is 6.61 Å². The van der Waals surface area contributed by atoms with E-state index in [2.05, 4.69) is 5.32 Å². The van der Waals surface area contributed by atoms with Gasteiger partial charge in [0.2, 0.25) is 0 Å². The first-order valence-corrected chi connectivity index (χ1v) is 6.93. The number of amides is 1. The Morgan fingerprint density at radius 2 is 2.10 bits per heavy atom. The van der Waals surface area contributed by atoms with Crippen molar-refractivity contribution < 1.29 is 14.3 Å². The monoisotopic (exact) mass is 278 g/mol. The van der Waals surface area contributed by atoms with Gasteiger partial charge in [0.25, 0.3) is 5.91 Å². The van der Waals surface area contributed by atoms with Crippen molar-refractivity contribution in [3.05, 3.63) is 23.3 Å². The van der Waals surface area contributed by atoms with Crippen LogP contribution in [0, 0.1) is 13.8 Å². The fourth-order valence-corrected chi connectivity index (χ4v) is 2.31. The largest absolute Gasteiger partial charge is 0.483 e. The highest BCUT2D eigenvalue weighted by atomic mass is 16.5. The van der Waals surface area contributed by atoms with Gasteiger partial charge < -0.3 is 20.5 Å². The minimum atomic E-state index is -0.0990. The van der Waals surface area contributed by atoms with E-state index >= 15 is 0 Å². The maximum Gasteiger partial charge on any atom is 0.258 e. The van der Waals surface area contributed by atoms with Crippen molar-refractivity contribution in [1.29, 1.82) is 0 Å². The molecular weight excluding hydrogens is 256 g/mol.